The van der Waals surface area contributed by atoms with E-state index in [1.54, 1.807) is 37.4 Å². The second kappa shape index (κ2) is 11.0. The first-order chi connectivity index (χ1) is 17.0. The van der Waals surface area contributed by atoms with E-state index in [-0.39, 0.29) is 5.57 Å². The number of halogens is 2. The fraction of sp³-hybridized carbons (Fsp3) is 0.0714. The molecule has 0 atom stereocenters. The molecule has 7 heteroatoms. The molecule has 0 saturated heterocycles. The van der Waals surface area contributed by atoms with E-state index in [9.17, 15) is 10.1 Å². The van der Waals surface area contributed by atoms with Gasteiger partial charge in [0.15, 0.2) is 0 Å². The standard InChI is InChI=1S/C28H20Cl2N2O3/c1-34-23-11-9-19(13-21(16-31)28(33)32-22-10-12-25(29)26(30)14-22)27(15-23)35-17-20-7-4-6-18-5-2-3-8-24(18)20/h2-15H,17H2,1H3,(H,32,33)/b21-13+. The van der Waals surface area contributed by atoms with Crippen LogP contribution in [0.5, 0.6) is 11.5 Å². The van der Waals surface area contributed by atoms with Gasteiger partial charge in [0.05, 0.1) is 17.2 Å². The third kappa shape index (κ3) is 5.75. The largest absolute Gasteiger partial charge is 0.497 e. The minimum absolute atomic E-state index is 0.101. The van der Waals surface area contributed by atoms with Gasteiger partial charge in [-0.15, -0.1) is 0 Å². The molecule has 0 fully saturated rings. The van der Waals surface area contributed by atoms with E-state index < -0.39 is 5.91 Å². The quantitative estimate of drug-likeness (QED) is 0.213. The molecular weight excluding hydrogens is 483 g/mol. The van der Waals surface area contributed by atoms with Crippen LogP contribution in [0, 0.1) is 11.3 Å². The second-order valence-corrected chi connectivity index (χ2v) is 8.40. The average molecular weight is 503 g/mol. The zero-order valence-electron chi connectivity index (χ0n) is 18.7. The smallest absolute Gasteiger partial charge is 0.266 e. The first-order valence-electron chi connectivity index (χ1n) is 10.6. The van der Waals surface area contributed by atoms with Gasteiger partial charge in [-0.3, -0.25) is 4.79 Å². The highest BCUT2D eigenvalue weighted by molar-refractivity contribution is 6.42. The van der Waals surface area contributed by atoms with Crippen LogP contribution < -0.4 is 14.8 Å². The van der Waals surface area contributed by atoms with Gasteiger partial charge >= 0.3 is 0 Å². The van der Waals surface area contributed by atoms with E-state index in [4.69, 9.17) is 32.7 Å². The Morgan fingerprint density at radius 2 is 1.80 bits per heavy atom. The van der Waals surface area contributed by atoms with E-state index in [0.717, 1.165) is 16.3 Å². The van der Waals surface area contributed by atoms with Crippen molar-refractivity contribution in [2.45, 2.75) is 6.61 Å². The van der Waals surface area contributed by atoms with Crippen LogP contribution >= 0.6 is 23.2 Å². The topological polar surface area (TPSA) is 71.3 Å². The lowest BCUT2D eigenvalue weighted by atomic mass is 10.1. The van der Waals surface area contributed by atoms with Crippen LogP contribution in [0.25, 0.3) is 16.8 Å². The Balaban J connectivity index is 1.61. The molecule has 0 spiro atoms. The highest BCUT2D eigenvalue weighted by Crippen LogP contribution is 2.30. The number of anilines is 1. The summed E-state index contributed by atoms with van der Waals surface area (Å²) < 4.78 is 11.5. The Hall–Kier alpha value is -3.98. The molecule has 0 radical (unpaired) electrons. The number of benzene rings is 4. The van der Waals surface area contributed by atoms with Crippen LogP contribution in [0.1, 0.15) is 11.1 Å². The predicted molar refractivity (Wildman–Crippen MR) is 140 cm³/mol. The maximum Gasteiger partial charge on any atom is 0.266 e. The van der Waals surface area contributed by atoms with Gasteiger partial charge in [0.2, 0.25) is 0 Å². The summed E-state index contributed by atoms with van der Waals surface area (Å²) in [7, 11) is 1.56. The molecule has 0 bridgehead atoms. The van der Waals surface area contributed by atoms with Gasteiger partial charge in [-0.25, -0.2) is 0 Å². The van der Waals surface area contributed by atoms with Crippen molar-refractivity contribution in [2.24, 2.45) is 0 Å². The van der Waals surface area contributed by atoms with Crippen molar-refractivity contribution in [2.75, 3.05) is 12.4 Å². The molecule has 5 nitrogen and oxygen atoms in total. The SMILES string of the molecule is COc1ccc(/C=C(\C#N)C(=O)Nc2ccc(Cl)c(Cl)c2)c(OCc2cccc3ccccc23)c1. The molecular formula is C28H20Cl2N2O3. The summed E-state index contributed by atoms with van der Waals surface area (Å²) in [4.78, 5) is 12.8. The number of hydrogen-bond acceptors (Lipinski definition) is 4. The van der Waals surface area contributed by atoms with E-state index >= 15 is 0 Å². The van der Waals surface area contributed by atoms with Crippen molar-refractivity contribution in [3.8, 4) is 17.6 Å². The van der Waals surface area contributed by atoms with Gasteiger partial charge in [0.1, 0.15) is 29.7 Å². The number of carbonyl (C=O) groups is 1. The van der Waals surface area contributed by atoms with Crippen molar-refractivity contribution in [3.05, 3.63) is 106 Å². The van der Waals surface area contributed by atoms with Crippen LogP contribution in [0.2, 0.25) is 10.0 Å². The number of rotatable bonds is 7. The Labute approximate surface area is 213 Å². The molecule has 0 unspecified atom stereocenters. The van der Waals surface area contributed by atoms with Crippen LogP contribution in [-0.2, 0) is 11.4 Å². The molecule has 35 heavy (non-hydrogen) atoms. The van der Waals surface area contributed by atoms with Crippen LogP contribution in [0.3, 0.4) is 0 Å². The maximum atomic E-state index is 12.8. The zero-order valence-corrected chi connectivity index (χ0v) is 20.2. The molecule has 4 aromatic carbocycles. The third-order valence-electron chi connectivity index (χ3n) is 5.33. The zero-order chi connectivity index (χ0) is 24.8. The second-order valence-electron chi connectivity index (χ2n) is 7.58. The average Bonchev–Trinajstić information content (AvgIpc) is 2.88. The van der Waals surface area contributed by atoms with Crippen molar-refractivity contribution >= 4 is 51.6 Å². The number of nitrogens with zero attached hydrogens (tertiary/aromatic N) is 1. The lowest BCUT2D eigenvalue weighted by molar-refractivity contribution is -0.112. The Bertz CT molecular complexity index is 1470. The number of methoxy groups -OCH3 is 1. The first kappa shape index (κ1) is 24.2. The number of ether oxygens (including phenoxy) is 2. The Morgan fingerprint density at radius 1 is 1.00 bits per heavy atom. The normalized spacial score (nSPS) is 11.1. The lowest BCUT2D eigenvalue weighted by Gasteiger charge is -2.13. The van der Waals surface area contributed by atoms with Crippen molar-refractivity contribution < 1.29 is 14.3 Å². The minimum atomic E-state index is -0.582. The van der Waals surface area contributed by atoms with Gasteiger partial charge < -0.3 is 14.8 Å². The Morgan fingerprint density at radius 3 is 2.57 bits per heavy atom. The molecule has 0 aliphatic heterocycles. The summed E-state index contributed by atoms with van der Waals surface area (Å²) in [5, 5.41) is 15.2. The summed E-state index contributed by atoms with van der Waals surface area (Å²) in [5.74, 6) is 0.489. The van der Waals surface area contributed by atoms with Gasteiger partial charge in [0.25, 0.3) is 5.91 Å². The number of fused-ring (bicyclic) bond motifs is 1. The molecule has 0 aliphatic carbocycles. The molecule has 0 saturated carbocycles. The van der Waals surface area contributed by atoms with Crippen molar-refractivity contribution in [3.63, 3.8) is 0 Å². The summed E-state index contributed by atoms with van der Waals surface area (Å²) >= 11 is 12.0. The monoisotopic (exact) mass is 502 g/mol. The van der Waals surface area contributed by atoms with Gasteiger partial charge in [0, 0.05) is 17.3 Å². The van der Waals surface area contributed by atoms with Crippen molar-refractivity contribution in [1.29, 1.82) is 5.26 Å². The summed E-state index contributed by atoms with van der Waals surface area (Å²) in [6.07, 6.45) is 1.48. The number of nitriles is 1. The minimum Gasteiger partial charge on any atom is -0.497 e. The van der Waals surface area contributed by atoms with Gasteiger partial charge in [-0.2, -0.15) is 5.26 Å². The van der Waals surface area contributed by atoms with Crippen molar-refractivity contribution in [1.82, 2.24) is 0 Å². The van der Waals surface area contributed by atoms with Crippen LogP contribution in [0.4, 0.5) is 5.69 Å². The fourth-order valence-corrected chi connectivity index (χ4v) is 3.83. The summed E-state index contributed by atoms with van der Waals surface area (Å²) in [5.41, 5.74) is 1.90. The Kier molecular flexibility index (Phi) is 7.57. The number of amides is 1. The highest BCUT2D eigenvalue weighted by Gasteiger charge is 2.13. The molecule has 174 valence electrons. The molecule has 1 N–H and O–H groups in total. The van der Waals surface area contributed by atoms with E-state index in [2.05, 4.69) is 5.32 Å². The molecule has 1 amide bonds. The molecule has 4 aromatic rings. The van der Waals surface area contributed by atoms with E-state index in [1.165, 1.54) is 12.1 Å². The van der Waals surface area contributed by atoms with Gasteiger partial charge in [-0.05, 0) is 52.7 Å². The van der Waals surface area contributed by atoms with Crippen LogP contribution in [-0.4, -0.2) is 13.0 Å². The first-order valence-corrected chi connectivity index (χ1v) is 11.4. The molecule has 0 aliphatic rings. The van der Waals surface area contributed by atoms with Crippen LogP contribution in [0.15, 0.2) is 84.4 Å². The third-order valence-corrected chi connectivity index (χ3v) is 6.07. The molecule has 0 aromatic heterocycles. The van der Waals surface area contributed by atoms with E-state index in [0.29, 0.717) is 39.4 Å². The summed E-state index contributed by atoms with van der Waals surface area (Å²) in [6, 6.07) is 25.9. The van der Waals surface area contributed by atoms with Gasteiger partial charge in [-0.1, -0.05) is 65.7 Å². The predicted octanol–water partition coefficient (Wildman–Crippen LogP) is 7.28. The maximum absolute atomic E-state index is 12.8. The fourth-order valence-electron chi connectivity index (χ4n) is 3.54. The number of hydrogen-bond donors (Lipinski definition) is 1. The molecule has 0 heterocycles. The summed E-state index contributed by atoms with van der Waals surface area (Å²) in [6.45, 7) is 0.298. The number of carbonyl (C=O) groups excluding carboxylic acids is 1. The number of nitrogens with one attached hydrogen (secondary N) is 1. The highest BCUT2D eigenvalue weighted by atomic mass is 35.5. The molecule has 4 rings (SSSR count). The van der Waals surface area contributed by atoms with E-state index in [1.807, 2.05) is 48.5 Å². The lowest BCUT2D eigenvalue weighted by Crippen LogP contribution is -2.13.